The van der Waals surface area contributed by atoms with Crippen molar-refractivity contribution in [2.45, 2.75) is 39.2 Å². The van der Waals surface area contributed by atoms with Crippen molar-refractivity contribution in [3.05, 3.63) is 88.9 Å². The number of anilines is 1. The van der Waals surface area contributed by atoms with E-state index in [0.717, 1.165) is 24.0 Å². The molecule has 0 aliphatic carbocycles. The number of carbonyl (C=O) groups excluding carboxylic acids is 3. The maximum absolute atomic E-state index is 13.1. The van der Waals surface area contributed by atoms with Gasteiger partial charge in [-0.25, -0.2) is 4.79 Å². The number of Topliss-reactive ketones (excluding diaryl/α,β-unsaturated/α-hetero) is 1. The number of benzene rings is 3. The molecule has 0 bridgehead atoms. The molecule has 0 saturated carbocycles. The first-order valence-corrected chi connectivity index (χ1v) is 12.8. The Kier molecular flexibility index (Phi) is 7.98. The fourth-order valence-corrected chi connectivity index (χ4v) is 4.42. The van der Waals surface area contributed by atoms with Gasteiger partial charge in [0.05, 0.1) is 0 Å². The number of nitrogens with one attached hydrogen (secondary N) is 1. The minimum atomic E-state index is -0.576. The highest BCUT2D eigenvalue weighted by molar-refractivity contribution is 6.30. The van der Waals surface area contributed by atoms with E-state index < -0.39 is 5.60 Å². The second-order valence-electron chi connectivity index (χ2n) is 10.2. The standard InChI is InChI=1S/C30H31ClN2O4/c1-30(2,3)37-29(36)33-18-4-5-24(19-33)27(34)22-12-16-26(17-13-22)32-28(35)23-8-6-20(7-9-23)21-10-14-25(31)15-11-21/h6-17,24H,4-5,18-19H2,1-3H3,(H,32,35). The van der Waals surface area contributed by atoms with Gasteiger partial charge in [-0.1, -0.05) is 35.9 Å². The highest BCUT2D eigenvalue weighted by Gasteiger charge is 2.31. The highest BCUT2D eigenvalue weighted by atomic mass is 35.5. The monoisotopic (exact) mass is 518 g/mol. The first kappa shape index (κ1) is 26.4. The number of carbonyl (C=O) groups is 3. The molecule has 3 aromatic carbocycles. The third-order valence-corrected chi connectivity index (χ3v) is 6.45. The summed E-state index contributed by atoms with van der Waals surface area (Å²) in [7, 11) is 0. The van der Waals surface area contributed by atoms with Gasteiger partial charge in [0.2, 0.25) is 0 Å². The minimum absolute atomic E-state index is 0.0103. The number of halogens is 1. The normalized spacial score (nSPS) is 15.7. The van der Waals surface area contributed by atoms with E-state index in [9.17, 15) is 14.4 Å². The van der Waals surface area contributed by atoms with Crippen molar-refractivity contribution < 1.29 is 19.1 Å². The number of rotatable bonds is 5. The Morgan fingerprint density at radius 2 is 1.43 bits per heavy atom. The molecule has 1 N–H and O–H groups in total. The molecular weight excluding hydrogens is 488 g/mol. The molecule has 1 saturated heterocycles. The van der Waals surface area contributed by atoms with E-state index >= 15 is 0 Å². The fraction of sp³-hybridized carbons (Fsp3) is 0.300. The molecule has 1 fully saturated rings. The van der Waals surface area contributed by atoms with Crippen LogP contribution in [0.3, 0.4) is 0 Å². The lowest BCUT2D eigenvalue weighted by atomic mass is 9.90. The molecule has 1 aliphatic rings. The van der Waals surface area contributed by atoms with E-state index in [4.69, 9.17) is 16.3 Å². The SMILES string of the molecule is CC(C)(C)OC(=O)N1CCCC(C(=O)c2ccc(NC(=O)c3ccc(-c4ccc(Cl)cc4)cc3)cc2)C1. The molecule has 1 atom stereocenters. The largest absolute Gasteiger partial charge is 0.444 e. The molecule has 1 aliphatic heterocycles. The van der Waals surface area contributed by atoms with Crippen LogP contribution in [0.25, 0.3) is 11.1 Å². The molecule has 1 heterocycles. The quantitative estimate of drug-likeness (QED) is 0.366. The van der Waals surface area contributed by atoms with Crippen molar-refractivity contribution in [3.8, 4) is 11.1 Å². The number of amides is 2. The van der Waals surface area contributed by atoms with Gasteiger partial charge in [-0.15, -0.1) is 0 Å². The van der Waals surface area contributed by atoms with E-state index in [1.54, 1.807) is 41.3 Å². The lowest BCUT2D eigenvalue weighted by Gasteiger charge is -2.33. The molecule has 0 aromatic heterocycles. The zero-order valence-electron chi connectivity index (χ0n) is 21.3. The fourth-order valence-electron chi connectivity index (χ4n) is 4.30. The van der Waals surface area contributed by atoms with E-state index in [-0.39, 0.29) is 23.7 Å². The summed E-state index contributed by atoms with van der Waals surface area (Å²) in [5.74, 6) is -0.521. The van der Waals surface area contributed by atoms with Crippen LogP contribution in [0.5, 0.6) is 0 Å². The highest BCUT2D eigenvalue weighted by Crippen LogP contribution is 2.25. The molecular formula is C30H31ClN2O4. The van der Waals surface area contributed by atoms with Crippen molar-refractivity contribution in [2.24, 2.45) is 5.92 Å². The Bertz CT molecular complexity index is 1260. The van der Waals surface area contributed by atoms with Crippen LogP contribution in [0.4, 0.5) is 10.5 Å². The van der Waals surface area contributed by atoms with Gasteiger partial charge in [-0.3, -0.25) is 9.59 Å². The van der Waals surface area contributed by atoms with Gasteiger partial charge >= 0.3 is 6.09 Å². The average molecular weight is 519 g/mol. The van der Waals surface area contributed by atoms with E-state index in [1.165, 1.54) is 0 Å². The van der Waals surface area contributed by atoms with Crippen molar-refractivity contribution >= 4 is 35.1 Å². The van der Waals surface area contributed by atoms with Crippen molar-refractivity contribution in [3.63, 3.8) is 0 Å². The summed E-state index contributed by atoms with van der Waals surface area (Å²) in [6, 6.07) is 21.7. The second-order valence-corrected chi connectivity index (χ2v) is 10.7. The lowest BCUT2D eigenvalue weighted by molar-refractivity contribution is 0.0172. The molecule has 0 radical (unpaired) electrons. The zero-order chi connectivity index (χ0) is 26.6. The number of nitrogens with zero attached hydrogens (tertiary/aromatic N) is 1. The molecule has 4 rings (SSSR count). The first-order chi connectivity index (χ1) is 17.6. The van der Waals surface area contributed by atoms with Gasteiger partial charge in [0.25, 0.3) is 5.91 Å². The molecule has 2 amide bonds. The minimum Gasteiger partial charge on any atom is -0.444 e. The van der Waals surface area contributed by atoms with Gasteiger partial charge in [0.1, 0.15) is 5.60 Å². The van der Waals surface area contributed by atoms with Crippen LogP contribution < -0.4 is 5.32 Å². The summed E-state index contributed by atoms with van der Waals surface area (Å²) in [5, 5.41) is 3.55. The van der Waals surface area contributed by atoms with E-state index in [2.05, 4.69) is 5.32 Å². The molecule has 1 unspecified atom stereocenters. The number of ketones is 1. The lowest BCUT2D eigenvalue weighted by Crippen LogP contribution is -2.44. The topological polar surface area (TPSA) is 75.7 Å². The summed E-state index contributed by atoms with van der Waals surface area (Å²) in [5.41, 5.74) is 3.12. The number of piperidine rings is 1. The van der Waals surface area contributed by atoms with Crippen LogP contribution in [-0.4, -0.2) is 41.4 Å². The maximum Gasteiger partial charge on any atom is 0.410 e. The Morgan fingerprint density at radius 1 is 0.865 bits per heavy atom. The van der Waals surface area contributed by atoms with Crippen LogP contribution in [0.2, 0.25) is 5.02 Å². The summed E-state index contributed by atoms with van der Waals surface area (Å²) < 4.78 is 5.46. The summed E-state index contributed by atoms with van der Waals surface area (Å²) in [4.78, 5) is 39.9. The summed E-state index contributed by atoms with van der Waals surface area (Å²) in [6.45, 7) is 6.42. The third-order valence-electron chi connectivity index (χ3n) is 6.20. The van der Waals surface area contributed by atoms with Crippen molar-refractivity contribution in [1.82, 2.24) is 4.90 Å². The Balaban J connectivity index is 1.35. The Hall–Kier alpha value is -3.64. The summed E-state index contributed by atoms with van der Waals surface area (Å²) >= 11 is 5.96. The predicted octanol–water partition coefficient (Wildman–Crippen LogP) is 7.09. The number of hydrogen-bond acceptors (Lipinski definition) is 4. The maximum atomic E-state index is 13.1. The average Bonchev–Trinajstić information content (AvgIpc) is 2.88. The van der Waals surface area contributed by atoms with Gasteiger partial charge in [-0.2, -0.15) is 0 Å². The number of hydrogen-bond donors (Lipinski definition) is 1. The number of ether oxygens (including phenoxy) is 1. The van der Waals surface area contributed by atoms with Gasteiger partial charge in [0, 0.05) is 40.8 Å². The number of likely N-dealkylation sites (tertiary alicyclic amines) is 1. The Labute approximate surface area is 222 Å². The van der Waals surface area contributed by atoms with E-state index in [0.29, 0.717) is 34.9 Å². The molecule has 37 heavy (non-hydrogen) atoms. The zero-order valence-corrected chi connectivity index (χ0v) is 22.0. The van der Waals surface area contributed by atoms with Crippen molar-refractivity contribution in [1.29, 1.82) is 0 Å². The molecule has 3 aromatic rings. The van der Waals surface area contributed by atoms with E-state index in [1.807, 2.05) is 57.2 Å². The first-order valence-electron chi connectivity index (χ1n) is 12.4. The van der Waals surface area contributed by atoms with Crippen LogP contribution in [-0.2, 0) is 4.74 Å². The van der Waals surface area contributed by atoms with Gasteiger partial charge < -0.3 is 15.0 Å². The van der Waals surface area contributed by atoms with Crippen LogP contribution in [0.1, 0.15) is 54.3 Å². The van der Waals surface area contributed by atoms with Crippen LogP contribution in [0, 0.1) is 5.92 Å². The van der Waals surface area contributed by atoms with Gasteiger partial charge in [-0.05, 0) is 93.3 Å². The van der Waals surface area contributed by atoms with Crippen LogP contribution in [0.15, 0.2) is 72.8 Å². The third kappa shape index (κ3) is 6.98. The summed E-state index contributed by atoms with van der Waals surface area (Å²) in [6.07, 6.45) is 1.09. The molecule has 192 valence electrons. The van der Waals surface area contributed by atoms with Crippen molar-refractivity contribution in [2.75, 3.05) is 18.4 Å². The molecule has 0 spiro atoms. The smallest absolute Gasteiger partial charge is 0.410 e. The molecule has 7 heteroatoms. The molecule has 6 nitrogen and oxygen atoms in total. The van der Waals surface area contributed by atoms with Crippen LogP contribution >= 0.6 is 11.6 Å². The second kappa shape index (κ2) is 11.2. The predicted molar refractivity (Wildman–Crippen MR) is 146 cm³/mol. The van der Waals surface area contributed by atoms with Gasteiger partial charge in [0.15, 0.2) is 5.78 Å². The Morgan fingerprint density at radius 3 is 2.03 bits per heavy atom.